The highest BCUT2D eigenvalue weighted by atomic mass is 16.5. The maximum absolute atomic E-state index is 11.4. The van der Waals surface area contributed by atoms with Crippen LogP contribution in [0.4, 0.5) is 0 Å². The van der Waals surface area contributed by atoms with Gasteiger partial charge in [0.1, 0.15) is 11.5 Å². The van der Waals surface area contributed by atoms with Crippen LogP contribution in [0.1, 0.15) is 12.5 Å². The summed E-state index contributed by atoms with van der Waals surface area (Å²) in [5, 5.41) is 11.3. The van der Waals surface area contributed by atoms with Gasteiger partial charge in [-0.3, -0.25) is 0 Å². The standard InChI is InChI=1S/C15H14O3/c1-3-10-9-13(16)11-7-5-6-8-12(11)15(10)18-14(17)4-2/h4-9,16H,2-3H2,1H3. The number of phenols is 1. The molecule has 0 aromatic heterocycles. The molecule has 0 saturated carbocycles. The number of aryl methyl sites for hydroxylation is 1. The molecule has 3 heteroatoms. The van der Waals surface area contributed by atoms with Crippen LogP contribution in [-0.2, 0) is 11.2 Å². The van der Waals surface area contributed by atoms with Gasteiger partial charge in [0.2, 0.25) is 0 Å². The third-order valence-electron chi connectivity index (χ3n) is 2.80. The third kappa shape index (κ3) is 2.07. The monoisotopic (exact) mass is 242 g/mol. The first-order chi connectivity index (χ1) is 8.67. The van der Waals surface area contributed by atoms with E-state index in [0.717, 1.165) is 17.0 Å². The lowest BCUT2D eigenvalue weighted by molar-refractivity contribution is -0.128. The topological polar surface area (TPSA) is 46.5 Å². The Hall–Kier alpha value is -2.29. The summed E-state index contributed by atoms with van der Waals surface area (Å²) in [6.07, 6.45) is 1.79. The molecule has 92 valence electrons. The van der Waals surface area contributed by atoms with Gasteiger partial charge >= 0.3 is 5.97 Å². The van der Waals surface area contributed by atoms with Crippen LogP contribution in [0, 0.1) is 0 Å². The van der Waals surface area contributed by atoms with Crippen molar-refractivity contribution >= 4 is 16.7 Å². The van der Waals surface area contributed by atoms with Gasteiger partial charge < -0.3 is 9.84 Å². The lowest BCUT2D eigenvalue weighted by atomic mass is 10.0. The number of hydrogen-bond acceptors (Lipinski definition) is 3. The first-order valence-electron chi connectivity index (χ1n) is 5.75. The minimum Gasteiger partial charge on any atom is -0.507 e. The third-order valence-corrected chi connectivity index (χ3v) is 2.80. The van der Waals surface area contributed by atoms with Crippen molar-refractivity contribution in [2.45, 2.75) is 13.3 Å². The van der Waals surface area contributed by atoms with Crippen LogP contribution in [0.3, 0.4) is 0 Å². The molecular formula is C15H14O3. The highest BCUT2D eigenvalue weighted by Gasteiger charge is 2.13. The Bertz CT molecular complexity index is 614. The van der Waals surface area contributed by atoms with Gasteiger partial charge in [-0.15, -0.1) is 0 Å². The molecule has 0 heterocycles. The fourth-order valence-electron chi connectivity index (χ4n) is 1.91. The predicted molar refractivity (Wildman–Crippen MR) is 70.8 cm³/mol. The Morgan fingerprint density at radius 3 is 2.67 bits per heavy atom. The molecule has 2 rings (SSSR count). The summed E-state index contributed by atoms with van der Waals surface area (Å²) in [5.41, 5.74) is 0.793. The minimum absolute atomic E-state index is 0.195. The number of rotatable bonds is 3. The zero-order valence-electron chi connectivity index (χ0n) is 10.1. The number of aromatic hydroxyl groups is 1. The fourth-order valence-corrected chi connectivity index (χ4v) is 1.91. The molecule has 2 aromatic rings. The number of benzene rings is 2. The van der Waals surface area contributed by atoms with Crippen LogP contribution in [-0.4, -0.2) is 11.1 Å². The Morgan fingerprint density at radius 1 is 1.39 bits per heavy atom. The number of phenolic OH excluding ortho intramolecular Hbond substituents is 1. The van der Waals surface area contributed by atoms with Crippen molar-refractivity contribution in [2.24, 2.45) is 0 Å². The zero-order valence-corrected chi connectivity index (χ0v) is 10.1. The molecule has 1 N–H and O–H groups in total. The van der Waals surface area contributed by atoms with Gasteiger partial charge in [0.05, 0.1) is 0 Å². The largest absolute Gasteiger partial charge is 0.507 e. The van der Waals surface area contributed by atoms with E-state index >= 15 is 0 Å². The zero-order chi connectivity index (χ0) is 13.1. The molecule has 0 radical (unpaired) electrons. The average molecular weight is 242 g/mol. The second-order valence-electron chi connectivity index (χ2n) is 3.91. The van der Waals surface area contributed by atoms with E-state index in [2.05, 4.69) is 6.58 Å². The molecule has 0 spiro atoms. The molecular weight excluding hydrogens is 228 g/mol. The fraction of sp³-hybridized carbons (Fsp3) is 0.133. The summed E-state index contributed by atoms with van der Waals surface area (Å²) in [7, 11) is 0. The molecule has 0 unspecified atom stereocenters. The number of ether oxygens (including phenoxy) is 1. The molecule has 0 fully saturated rings. The summed E-state index contributed by atoms with van der Waals surface area (Å²) < 4.78 is 5.29. The Balaban J connectivity index is 2.71. The molecule has 3 nitrogen and oxygen atoms in total. The second-order valence-corrected chi connectivity index (χ2v) is 3.91. The SMILES string of the molecule is C=CC(=O)Oc1c(CC)cc(O)c2ccccc12. The highest BCUT2D eigenvalue weighted by Crippen LogP contribution is 2.36. The number of carbonyl (C=O) groups excluding carboxylic acids is 1. The normalized spacial score (nSPS) is 10.3. The Morgan fingerprint density at radius 2 is 2.06 bits per heavy atom. The Kier molecular flexibility index (Phi) is 3.33. The summed E-state index contributed by atoms with van der Waals surface area (Å²) in [6, 6.07) is 8.91. The van der Waals surface area contributed by atoms with E-state index in [1.54, 1.807) is 12.1 Å². The summed E-state index contributed by atoms with van der Waals surface area (Å²) in [4.78, 5) is 11.4. The van der Waals surface area contributed by atoms with E-state index in [-0.39, 0.29) is 5.75 Å². The highest BCUT2D eigenvalue weighted by molar-refractivity contribution is 5.96. The van der Waals surface area contributed by atoms with Crippen LogP contribution in [0.5, 0.6) is 11.5 Å². The van der Waals surface area contributed by atoms with E-state index in [4.69, 9.17) is 4.74 Å². The summed E-state index contributed by atoms with van der Waals surface area (Å²) >= 11 is 0. The maximum Gasteiger partial charge on any atom is 0.335 e. The van der Waals surface area contributed by atoms with Crippen molar-refractivity contribution < 1.29 is 14.6 Å². The van der Waals surface area contributed by atoms with Gasteiger partial charge in [-0.25, -0.2) is 4.79 Å². The van der Waals surface area contributed by atoms with Gasteiger partial charge in [-0.1, -0.05) is 37.8 Å². The van der Waals surface area contributed by atoms with Crippen molar-refractivity contribution in [1.29, 1.82) is 0 Å². The van der Waals surface area contributed by atoms with E-state index < -0.39 is 5.97 Å². The first kappa shape index (κ1) is 12.2. The van der Waals surface area contributed by atoms with E-state index in [1.165, 1.54) is 0 Å². The molecule has 0 atom stereocenters. The summed E-state index contributed by atoms with van der Waals surface area (Å²) in [6.45, 7) is 5.33. The van der Waals surface area contributed by atoms with Gasteiger partial charge in [0, 0.05) is 16.8 Å². The number of hydrogen-bond donors (Lipinski definition) is 1. The number of carbonyl (C=O) groups is 1. The number of esters is 1. The molecule has 18 heavy (non-hydrogen) atoms. The van der Waals surface area contributed by atoms with Crippen LogP contribution in [0.2, 0.25) is 0 Å². The quantitative estimate of drug-likeness (QED) is 0.510. The van der Waals surface area contributed by atoms with Crippen LogP contribution < -0.4 is 4.74 Å². The van der Waals surface area contributed by atoms with Gasteiger partial charge in [0.25, 0.3) is 0 Å². The van der Waals surface area contributed by atoms with Crippen LogP contribution in [0.25, 0.3) is 10.8 Å². The van der Waals surface area contributed by atoms with E-state index in [9.17, 15) is 9.90 Å². The molecule has 2 aromatic carbocycles. The van der Waals surface area contributed by atoms with Crippen molar-refractivity contribution in [2.75, 3.05) is 0 Å². The van der Waals surface area contributed by atoms with E-state index in [1.807, 2.05) is 25.1 Å². The van der Waals surface area contributed by atoms with Crippen LogP contribution >= 0.6 is 0 Å². The van der Waals surface area contributed by atoms with Crippen LogP contribution in [0.15, 0.2) is 43.0 Å². The Labute approximate surface area is 105 Å². The van der Waals surface area contributed by atoms with Crippen molar-refractivity contribution in [3.8, 4) is 11.5 Å². The van der Waals surface area contributed by atoms with Gasteiger partial charge in [-0.05, 0) is 18.1 Å². The van der Waals surface area contributed by atoms with Gasteiger partial charge in [-0.2, -0.15) is 0 Å². The van der Waals surface area contributed by atoms with Crippen molar-refractivity contribution in [3.63, 3.8) is 0 Å². The van der Waals surface area contributed by atoms with Gasteiger partial charge in [0.15, 0.2) is 0 Å². The molecule has 0 saturated heterocycles. The minimum atomic E-state index is -0.499. The lowest BCUT2D eigenvalue weighted by Gasteiger charge is -2.12. The first-order valence-corrected chi connectivity index (χ1v) is 5.75. The molecule has 0 bridgehead atoms. The molecule has 0 amide bonds. The smallest absolute Gasteiger partial charge is 0.335 e. The lowest BCUT2D eigenvalue weighted by Crippen LogP contribution is -2.05. The molecule has 0 aliphatic carbocycles. The number of fused-ring (bicyclic) bond motifs is 1. The maximum atomic E-state index is 11.4. The predicted octanol–water partition coefficient (Wildman–Crippen LogP) is 3.20. The molecule has 0 aliphatic heterocycles. The average Bonchev–Trinajstić information content (AvgIpc) is 2.41. The summed E-state index contributed by atoms with van der Waals surface area (Å²) in [5.74, 6) is 0.192. The van der Waals surface area contributed by atoms with Crippen molar-refractivity contribution in [1.82, 2.24) is 0 Å². The second kappa shape index (κ2) is 4.92. The molecule has 0 aliphatic rings. The van der Waals surface area contributed by atoms with Crippen molar-refractivity contribution in [3.05, 3.63) is 48.6 Å². The van der Waals surface area contributed by atoms with E-state index in [0.29, 0.717) is 17.6 Å².